The van der Waals surface area contributed by atoms with Gasteiger partial charge in [-0.1, -0.05) is 0 Å². The van der Waals surface area contributed by atoms with Gasteiger partial charge in [0.15, 0.2) is 5.78 Å². The molecule has 0 fully saturated rings. The van der Waals surface area contributed by atoms with Crippen LogP contribution in [0.3, 0.4) is 0 Å². The number of Topliss-reactive ketones (excluding diaryl/α,β-unsaturated/α-hetero) is 1. The number of benzene rings is 1. The number of hydrogen-bond donors (Lipinski definition) is 0. The molecule has 3 rings (SSSR count). The molecule has 0 aliphatic heterocycles. The smallest absolute Gasteiger partial charge is 0.173 e. The maximum Gasteiger partial charge on any atom is 0.173 e. The van der Waals surface area contributed by atoms with Crippen molar-refractivity contribution in [3.05, 3.63) is 57.3 Å². The highest BCUT2D eigenvalue weighted by atomic mass is 32.1. The van der Waals surface area contributed by atoms with Gasteiger partial charge in [0.05, 0.1) is 5.56 Å². The summed E-state index contributed by atoms with van der Waals surface area (Å²) in [4.78, 5) is 13.6. The summed E-state index contributed by atoms with van der Waals surface area (Å²) in [5.41, 5.74) is 0.856. The highest BCUT2D eigenvalue weighted by molar-refractivity contribution is 7.10. The minimum atomic E-state index is -0.645. The molecule has 1 aromatic heterocycles. The monoisotopic (exact) mass is 278 g/mol. The number of carbonyl (C=O) groups excluding carboxylic acids is 1. The van der Waals surface area contributed by atoms with Crippen LogP contribution in [0.25, 0.3) is 0 Å². The second-order valence-corrected chi connectivity index (χ2v) is 5.73. The first-order valence-electron chi connectivity index (χ1n) is 6.22. The van der Waals surface area contributed by atoms with E-state index in [4.69, 9.17) is 0 Å². The van der Waals surface area contributed by atoms with Crippen molar-refractivity contribution in [2.75, 3.05) is 0 Å². The number of hydrogen-bond acceptors (Lipinski definition) is 2. The Morgan fingerprint density at radius 3 is 2.95 bits per heavy atom. The van der Waals surface area contributed by atoms with Gasteiger partial charge in [-0.3, -0.25) is 4.79 Å². The second kappa shape index (κ2) is 4.85. The zero-order valence-electron chi connectivity index (χ0n) is 10.2. The Morgan fingerprint density at radius 1 is 1.26 bits per heavy atom. The number of aryl methyl sites for hydroxylation is 1. The molecular weight excluding hydrogens is 266 g/mol. The van der Waals surface area contributed by atoms with E-state index >= 15 is 0 Å². The third-order valence-electron chi connectivity index (χ3n) is 3.56. The molecule has 1 nitrogen and oxygen atoms in total. The van der Waals surface area contributed by atoms with Gasteiger partial charge in [0.2, 0.25) is 0 Å². The van der Waals surface area contributed by atoms with Crippen LogP contribution in [0, 0.1) is 11.6 Å². The van der Waals surface area contributed by atoms with Gasteiger partial charge in [0.25, 0.3) is 0 Å². The van der Waals surface area contributed by atoms with Gasteiger partial charge in [-0.25, -0.2) is 8.78 Å². The van der Waals surface area contributed by atoms with Crippen molar-refractivity contribution in [2.45, 2.75) is 25.2 Å². The molecule has 0 bridgehead atoms. The largest absolute Gasteiger partial charge is 0.293 e. The lowest BCUT2D eigenvalue weighted by molar-refractivity contribution is 0.0947. The van der Waals surface area contributed by atoms with Crippen molar-refractivity contribution in [1.82, 2.24) is 0 Å². The third kappa shape index (κ3) is 2.21. The Hall–Kier alpha value is -1.55. The normalized spacial score (nSPS) is 18.1. The molecule has 0 saturated carbocycles. The standard InChI is InChI=1S/C15H12F2OS/c16-9-4-5-13(17)12(8-9)15(18)11-2-1-3-14-10(11)6-7-19-14/h4-8,11H,1-3H2. The molecule has 0 saturated heterocycles. The van der Waals surface area contributed by atoms with E-state index in [0.29, 0.717) is 6.42 Å². The number of thiophene rings is 1. The lowest BCUT2D eigenvalue weighted by atomic mass is 9.82. The van der Waals surface area contributed by atoms with Crippen LogP contribution < -0.4 is 0 Å². The van der Waals surface area contributed by atoms with Gasteiger partial charge in [-0.2, -0.15) is 0 Å². The molecule has 0 N–H and O–H groups in total. The number of carbonyl (C=O) groups is 1. The van der Waals surface area contributed by atoms with Crippen LogP contribution in [0.5, 0.6) is 0 Å². The molecule has 19 heavy (non-hydrogen) atoms. The minimum absolute atomic E-state index is 0.135. The van der Waals surface area contributed by atoms with E-state index in [1.165, 1.54) is 4.88 Å². The predicted octanol–water partition coefficient (Wildman–Crippen LogP) is 4.33. The van der Waals surface area contributed by atoms with Crippen LogP contribution in [0.1, 0.15) is 39.6 Å². The topological polar surface area (TPSA) is 17.1 Å². The van der Waals surface area contributed by atoms with Crippen LogP contribution in [-0.4, -0.2) is 5.78 Å². The highest BCUT2D eigenvalue weighted by Crippen LogP contribution is 2.37. The molecule has 1 aliphatic rings. The SMILES string of the molecule is O=C(c1cc(F)ccc1F)C1CCCc2sccc21. The van der Waals surface area contributed by atoms with E-state index < -0.39 is 11.6 Å². The predicted molar refractivity (Wildman–Crippen MR) is 70.7 cm³/mol. The first kappa shape index (κ1) is 12.5. The molecular formula is C15H12F2OS. The summed E-state index contributed by atoms with van der Waals surface area (Å²) in [5.74, 6) is -1.86. The number of fused-ring (bicyclic) bond motifs is 1. The molecule has 1 aliphatic carbocycles. The average Bonchev–Trinajstić information content (AvgIpc) is 2.89. The van der Waals surface area contributed by atoms with Crippen LogP contribution in [0.2, 0.25) is 0 Å². The van der Waals surface area contributed by atoms with Crippen molar-refractivity contribution in [2.24, 2.45) is 0 Å². The second-order valence-electron chi connectivity index (χ2n) is 4.73. The van der Waals surface area contributed by atoms with Crippen molar-refractivity contribution in [3.63, 3.8) is 0 Å². The van der Waals surface area contributed by atoms with E-state index in [9.17, 15) is 13.6 Å². The molecule has 0 amide bonds. The van der Waals surface area contributed by atoms with Gasteiger partial charge < -0.3 is 0 Å². The van der Waals surface area contributed by atoms with Crippen molar-refractivity contribution < 1.29 is 13.6 Å². The van der Waals surface area contributed by atoms with Gasteiger partial charge in [-0.05, 0) is 54.5 Å². The number of rotatable bonds is 2. The Balaban J connectivity index is 2.00. The van der Waals surface area contributed by atoms with Crippen LogP contribution in [-0.2, 0) is 6.42 Å². The van der Waals surface area contributed by atoms with Gasteiger partial charge in [0.1, 0.15) is 11.6 Å². The quantitative estimate of drug-likeness (QED) is 0.747. The lowest BCUT2D eigenvalue weighted by Gasteiger charge is -2.21. The average molecular weight is 278 g/mol. The molecule has 0 radical (unpaired) electrons. The Morgan fingerprint density at radius 2 is 2.11 bits per heavy atom. The number of ketones is 1. The fourth-order valence-corrected chi connectivity index (χ4v) is 3.62. The zero-order chi connectivity index (χ0) is 13.4. The van der Waals surface area contributed by atoms with E-state index in [1.807, 2.05) is 11.4 Å². The molecule has 4 heteroatoms. The Kier molecular flexibility index (Phi) is 3.19. The number of halogens is 2. The summed E-state index contributed by atoms with van der Waals surface area (Å²) in [6, 6.07) is 4.97. The zero-order valence-corrected chi connectivity index (χ0v) is 11.0. The molecule has 0 spiro atoms. The summed E-state index contributed by atoms with van der Waals surface area (Å²) in [6.45, 7) is 0. The van der Waals surface area contributed by atoms with Gasteiger partial charge in [-0.15, -0.1) is 11.3 Å². The summed E-state index contributed by atoms with van der Waals surface area (Å²) in [6.07, 6.45) is 2.60. The van der Waals surface area contributed by atoms with Crippen molar-refractivity contribution in [3.8, 4) is 0 Å². The van der Waals surface area contributed by atoms with Crippen molar-refractivity contribution in [1.29, 1.82) is 0 Å². The highest BCUT2D eigenvalue weighted by Gasteiger charge is 2.29. The summed E-state index contributed by atoms with van der Waals surface area (Å²) in [7, 11) is 0. The third-order valence-corrected chi connectivity index (χ3v) is 4.56. The fraction of sp³-hybridized carbons (Fsp3) is 0.267. The fourth-order valence-electron chi connectivity index (χ4n) is 2.63. The molecule has 1 atom stereocenters. The minimum Gasteiger partial charge on any atom is -0.293 e. The van der Waals surface area contributed by atoms with Crippen molar-refractivity contribution >= 4 is 17.1 Å². The van der Waals surface area contributed by atoms with Gasteiger partial charge >= 0.3 is 0 Å². The van der Waals surface area contributed by atoms with E-state index in [1.54, 1.807) is 11.3 Å². The van der Waals surface area contributed by atoms with Crippen LogP contribution in [0.15, 0.2) is 29.6 Å². The summed E-state index contributed by atoms with van der Waals surface area (Å²) < 4.78 is 26.9. The van der Waals surface area contributed by atoms with Gasteiger partial charge in [0, 0.05) is 10.8 Å². The first-order chi connectivity index (χ1) is 9.16. The molecule has 1 aromatic carbocycles. The summed E-state index contributed by atoms with van der Waals surface area (Å²) in [5, 5.41) is 1.96. The lowest BCUT2D eigenvalue weighted by Crippen LogP contribution is -2.18. The maximum atomic E-state index is 13.7. The summed E-state index contributed by atoms with van der Waals surface area (Å²) >= 11 is 1.63. The molecule has 1 heterocycles. The molecule has 1 unspecified atom stereocenters. The first-order valence-corrected chi connectivity index (χ1v) is 7.10. The maximum absolute atomic E-state index is 13.7. The van der Waals surface area contributed by atoms with E-state index in [2.05, 4.69) is 0 Å². The van der Waals surface area contributed by atoms with Crippen LogP contribution in [0.4, 0.5) is 8.78 Å². The Bertz CT molecular complexity index is 633. The molecule has 2 aromatic rings. The van der Waals surface area contributed by atoms with E-state index in [0.717, 1.165) is 36.6 Å². The molecule has 98 valence electrons. The van der Waals surface area contributed by atoms with E-state index in [-0.39, 0.29) is 17.3 Å². The van der Waals surface area contributed by atoms with Crippen LogP contribution >= 0.6 is 11.3 Å². The Labute approximate surface area is 113 Å².